The van der Waals surface area contributed by atoms with E-state index in [1.165, 1.54) is 0 Å². The third-order valence-corrected chi connectivity index (χ3v) is 4.98. The van der Waals surface area contributed by atoms with E-state index in [9.17, 15) is 0 Å². The number of hydrogen-bond donors (Lipinski definition) is 1. The summed E-state index contributed by atoms with van der Waals surface area (Å²) < 4.78 is 22.9. The SMILES string of the molecule is N=C1C2=C[CH+]C=C1CN1CCOCCOCCN(CCOCCOCC1)C2. The number of ether oxygens (including phenoxy) is 4. The molecule has 3 aliphatic rings. The molecule has 2 heterocycles. The van der Waals surface area contributed by atoms with Crippen molar-refractivity contribution in [2.45, 2.75) is 0 Å². The third kappa shape index (κ3) is 7.03. The second-order valence-electron chi connectivity index (χ2n) is 6.95. The first-order chi connectivity index (χ1) is 13.3. The van der Waals surface area contributed by atoms with Gasteiger partial charge < -0.3 is 18.9 Å². The fourth-order valence-corrected chi connectivity index (χ4v) is 3.36. The van der Waals surface area contributed by atoms with E-state index in [-0.39, 0.29) is 0 Å². The molecule has 2 aliphatic heterocycles. The molecule has 0 saturated carbocycles. The maximum absolute atomic E-state index is 8.69. The van der Waals surface area contributed by atoms with Crippen molar-refractivity contribution in [1.29, 1.82) is 5.41 Å². The first kappa shape index (κ1) is 20.5. The van der Waals surface area contributed by atoms with Crippen LogP contribution in [-0.4, -0.2) is 108 Å². The smallest absolute Gasteiger partial charge is 0.174 e. The molecule has 0 unspecified atom stereocenters. The van der Waals surface area contributed by atoms with Gasteiger partial charge in [-0.2, -0.15) is 0 Å². The monoisotopic (exact) mass is 378 g/mol. The number of rotatable bonds is 0. The Bertz CT molecular complexity index is 471. The summed E-state index contributed by atoms with van der Waals surface area (Å²) in [4.78, 5) is 4.60. The molecule has 0 atom stereocenters. The van der Waals surface area contributed by atoms with Crippen LogP contribution in [0.2, 0.25) is 0 Å². The van der Waals surface area contributed by atoms with Crippen LogP contribution in [0, 0.1) is 11.8 Å². The maximum atomic E-state index is 8.69. The highest BCUT2D eigenvalue weighted by Gasteiger charge is 2.27. The molecule has 1 N–H and O–H groups in total. The van der Waals surface area contributed by atoms with E-state index < -0.39 is 0 Å². The van der Waals surface area contributed by atoms with Gasteiger partial charge in [-0.1, -0.05) is 0 Å². The second kappa shape index (κ2) is 11.6. The Morgan fingerprint density at radius 1 is 0.630 bits per heavy atom. The Morgan fingerprint density at radius 2 is 1.00 bits per heavy atom. The van der Waals surface area contributed by atoms with Gasteiger partial charge in [0.1, 0.15) is 0 Å². The van der Waals surface area contributed by atoms with Crippen LogP contribution >= 0.6 is 0 Å². The van der Waals surface area contributed by atoms with Gasteiger partial charge in [-0.25, -0.2) is 0 Å². The Kier molecular flexibility index (Phi) is 8.80. The van der Waals surface area contributed by atoms with Crippen molar-refractivity contribution in [3.63, 3.8) is 0 Å². The van der Waals surface area contributed by atoms with E-state index in [1.807, 2.05) is 0 Å². The van der Waals surface area contributed by atoms with Crippen molar-refractivity contribution in [2.75, 3.05) is 92.1 Å². The molecule has 0 aromatic rings. The Morgan fingerprint density at radius 3 is 1.37 bits per heavy atom. The summed E-state index contributed by atoms with van der Waals surface area (Å²) in [5, 5.41) is 8.69. The third-order valence-electron chi connectivity index (χ3n) is 4.98. The van der Waals surface area contributed by atoms with Gasteiger partial charge in [0.25, 0.3) is 0 Å². The summed E-state index contributed by atoms with van der Waals surface area (Å²) in [5.41, 5.74) is 2.76. The lowest BCUT2D eigenvalue weighted by atomic mass is 9.94. The minimum Gasteiger partial charge on any atom is -0.378 e. The quantitative estimate of drug-likeness (QED) is 0.628. The van der Waals surface area contributed by atoms with Gasteiger partial charge in [-0.15, -0.1) is 0 Å². The highest BCUT2D eigenvalue weighted by atomic mass is 16.5. The first-order valence-electron chi connectivity index (χ1n) is 9.91. The highest BCUT2D eigenvalue weighted by molar-refractivity contribution is 6.12. The Hall–Kier alpha value is -1.22. The maximum Gasteiger partial charge on any atom is 0.174 e. The van der Waals surface area contributed by atoms with E-state index in [1.54, 1.807) is 0 Å². The minimum absolute atomic E-state index is 0.616. The summed E-state index contributed by atoms with van der Waals surface area (Å²) in [5.74, 6) is 0. The van der Waals surface area contributed by atoms with Gasteiger partial charge in [0.15, 0.2) is 5.71 Å². The lowest BCUT2D eigenvalue weighted by molar-refractivity contribution is 0.0106. The lowest BCUT2D eigenvalue weighted by Crippen LogP contribution is -2.37. The van der Waals surface area contributed by atoms with Gasteiger partial charge in [0.05, 0.1) is 89.2 Å². The Balaban J connectivity index is 1.76. The second-order valence-corrected chi connectivity index (χ2v) is 6.95. The van der Waals surface area contributed by atoms with Gasteiger partial charge in [-0.05, 0) is 0 Å². The zero-order valence-electron chi connectivity index (χ0n) is 16.2. The molecule has 1 aliphatic carbocycles. The fourth-order valence-electron chi connectivity index (χ4n) is 3.36. The molecule has 150 valence electrons. The van der Waals surface area contributed by atoms with Crippen LogP contribution in [0.3, 0.4) is 0 Å². The summed E-state index contributed by atoms with van der Waals surface area (Å²) in [7, 11) is 0. The highest BCUT2D eigenvalue weighted by Crippen LogP contribution is 2.17. The van der Waals surface area contributed by atoms with Gasteiger partial charge in [0.2, 0.25) is 0 Å². The molecule has 0 spiro atoms. The van der Waals surface area contributed by atoms with Crippen LogP contribution < -0.4 is 0 Å². The Labute approximate surface area is 162 Å². The van der Waals surface area contributed by atoms with Gasteiger partial charge >= 0.3 is 0 Å². The lowest BCUT2D eigenvalue weighted by Gasteiger charge is -2.23. The molecule has 0 aromatic carbocycles. The van der Waals surface area contributed by atoms with Crippen LogP contribution in [-0.2, 0) is 18.9 Å². The molecule has 0 radical (unpaired) electrons. The van der Waals surface area contributed by atoms with E-state index >= 15 is 0 Å². The van der Waals surface area contributed by atoms with E-state index in [4.69, 9.17) is 24.4 Å². The predicted octanol–water partition coefficient (Wildman–Crippen LogP) is 0.774. The average Bonchev–Trinajstić information content (AvgIpc) is 2.67. The molecule has 2 fully saturated rings. The van der Waals surface area contributed by atoms with Crippen molar-refractivity contribution in [2.24, 2.45) is 0 Å². The van der Waals surface area contributed by atoms with Gasteiger partial charge in [-0.3, -0.25) is 15.2 Å². The van der Waals surface area contributed by atoms with Gasteiger partial charge in [0, 0.05) is 32.6 Å². The van der Waals surface area contributed by atoms with Crippen molar-refractivity contribution in [3.8, 4) is 0 Å². The van der Waals surface area contributed by atoms with Crippen LogP contribution in [0.15, 0.2) is 23.3 Å². The van der Waals surface area contributed by atoms with Crippen molar-refractivity contribution >= 4 is 5.71 Å². The number of nitrogens with one attached hydrogen (secondary N) is 1. The van der Waals surface area contributed by atoms with Crippen molar-refractivity contribution in [1.82, 2.24) is 9.80 Å². The zero-order valence-corrected chi connectivity index (χ0v) is 16.2. The average molecular weight is 378 g/mol. The molecule has 7 nitrogen and oxygen atoms in total. The number of fused-ring (bicyclic) bond motifs is 2. The van der Waals surface area contributed by atoms with Crippen LogP contribution in [0.5, 0.6) is 0 Å². The summed E-state index contributed by atoms with van der Waals surface area (Å²) in [6.45, 7) is 9.84. The first-order valence-corrected chi connectivity index (χ1v) is 9.91. The molecular formula is C20H32N3O4+. The molecule has 0 amide bonds. The number of allylic oxidation sites excluding steroid dienone is 2. The zero-order chi connectivity index (χ0) is 18.7. The summed E-state index contributed by atoms with van der Waals surface area (Å²) >= 11 is 0. The molecule has 2 saturated heterocycles. The molecule has 4 bridgehead atoms. The van der Waals surface area contributed by atoms with E-state index in [2.05, 4.69) is 28.4 Å². The summed E-state index contributed by atoms with van der Waals surface area (Å²) in [6, 6.07) is 0. The standard InChI is InChI=1S/C20H32N3O4/c21-20-18-2-1-3-19(20)17-23-6-10-26-14-12-24-8-4-22(16-18)5-9-25-13-15-27-11-7-23/h1-3,21H,4-17H2/q+1. The van der Waals surface area contributed by atoms with E-state index in [0.29, 0.717) is 58.6 Å². The molecule has 27 heavy (non-hydrogen) atoms. The van der Waals surface area contributed by atoms with Crippen LogP contribution in [0.4, 0.5) is 0 Å². The topological polar surface area (TPSA) is 67.3 Å². The van der Waals surface area contributed by atoms with Crippen LogP contribution in [0.1, 0.15) is 0 Å². The molecule has 3 rings (SSSR count). The number of nitrogens with zero attached hydrogens (tertiary/aromatic N) is 2. The molecular weight excluding hydrogens is 346 g/mol. The van der Waals surface area contributed by atoms with Crippen molar-refractivity contribution in [3.05, 3.63) is 29.7 Å². The summed E-state index contributed by atoms with van der Waals surface area (Å²) in [6.07, 6.45) is 6.19. The molecule has 7 heteroatoms. The largest absolute Gasteiger partial charge is 0.378 e. The fraction of sp³-hybridized carbons (Fsp3) is 0.700. The normalized spacial score (nSPS) is 29.9. The van der Waals surface area contributed by atoms with Crippen molar-refractivity contribution < 1.29 is 18.9 Å². The van der Waals surface area contributed by atoms with Crippen LogP contribution in [0.25, 0.3) is 0 Å². The molecule has 0 aromatic heterocycles. The van der Waals surface area contributed by atoms with E-state index in [0.717, 1.165) is 50.4 Å². The number of hydrogen-bond acceptors (Lipinski definition) is 7. The predicted molar refractivity (Wildman–Crippen MR) is 104 cm³/mol. The minimum atomic E-state index is 0.616.